The summed E-state index contributed by atoms with van der Waals surface area (Å²) in [6.07, 6.45) is 5.55. The average molecular weight is 163 g/mol. The molecule has 0 radical (unpaired) electrons. The number of hydrogen-bond donors (Lipinski definition) is 1. The molecule has 64 valence electrons. The van der Waals surface area contributed by atoms with Crippen molar-refractivity contribution in [2.45, 2.75) is 31.3 Å². The van der Waals surface area contributed by atoms with Gasteiger partial charge in [-0.3, -0.25) is 4.98 Å². The highest BCUT2D eigenvalue weighted by Crippen LogP contribution is 2.50. The summed E-state index contributed by atoms with van der Waals surface area (Å²) < 4.78 is 0. The van der Waals surface area contributed by atoms with E-state index < -0.39 is 0 Å². The molecule has 0 spiro atoms. The molecule has 2 rings (SSSR count). The van der Waals surface area contributed by atoms with Crippen LogP contribution in [0.4, 0.5) is 0 Å². The van der Waals surface area contributed by atoms with E-state index in [1.54, 1.807) is 12.4 Å². The minimum absolute atomic E-state index is 0.0585. The van der Waals surface area contributed by atoms with Crippen LogP contribution in [0, 0.1) is 0 Å². The summed E-state index contributed by atoms with van der Waals surface area (Å²) in [4.78, 5) is 3.96. The number of rotatable bonds is 2. The Balaban J connectivity index is 2.31. The Labute approximate surface area is 72.3 Å². The predicted octanol–water partition coefficient (Wildman–Crippen LogP) is 1.49. The maximum absolute atomic E-state index is 9.58. The molecule has 1 aliphatic rings. The summed E-state index contributed by atoms with van der Waals surface area (Å²) in [5, 5.41) is 9.58. The molecule has 0 aromatic carbocycles. The predicted molar refractivity (Wildman–Crippen MR) is 46.8 cm³/mol. The van der Waals surface area contributed by atoms with E-state index in [0.29, 0.717) is 0 Å². The van der Waals surface area contributed by atoms with Gasteiger partial charge in [-0.15, -0.1) is 0 Å². The van der Waals surface area contributed by atoms with Crippen molar-refractivity contribution >= 4 is 0 Å². The fraction of sp³-hybridized carbons (Fsp3) is 0.500. The van der Waals surface area contributed by atoms with Crippen molar-refractivity contribution in [3.05, 3.63) is 30.1 Å². The quantitative estimate of drug-likeness (QED) is 0.716. The number of nitrogens with zero attached hydrogens (tertiary/aromatic N) is 1. The molecule has 2 nitrogen and oxygen atoms in total. The number of hydrogen-bond acceptors (Lipinski definition) is 2. The normalized spacial score (nSPS) is 21.8. The third-order valence-corrected chi connectivity index (χ3v) is 2.84. The second-order valence-electron chi connectivity index (χ2n) is 3.57. The number of pyridine rings is 1. The third-order valence-electron chi connectivity index (χ3n) is 2.84. The summed E-state index contributed by atoms with van der Waals surface area (Å²) in [5.41, 5.74) is 1.29. The maximum atomic E-state index is 9.58. The Bertz CT molecular complexity index is 264. The Hall–Kier alpha value is -0.890. The fourth-order valence-electron chi connectivity index (χ4n) is 1.77. The Morgan fingerprint density at radius 1 is 1.42 bits per heavy atom. The largest absolute Gasteiger partial charge is 0.392 e. The lowest BCUT2D eigenvalue weighted by Crippen LogP contribution is -2.22. The first-order valence-corrected chi connectivity index (χ1v) is 4.34. The molecule has 1 aliphatic carbocycles. The molecule has 1 unspecified atom stereocenters. The Morgan fingerprint density at radius 3 is 2.42 bits per heavy atom. The van der Waals surface area contributed by atoms with Crippen molar-refractivity contribution in [1.29, 1.82) is 0 Å². The average Bonchev–Trinajstić information content (AvgIpc) is 2.86. The standard InChI is InChI=1S/C10H13NO/c1-8(12)10(4-5-10)9-2-6-11-7-3-9/h2-3,6-8,12H,4-5H2,1H3. The first kappa shape index (κ1) is 7.74. The molecule has 0 aliphatic heterocycles. The number of aliphatic hydroxyl groups excluding tert-OH is 1. The second-order valence-corrected chi connectivity index (χ2v) is 3.57. The van der Waals surface area contributed by atoms with Gasteiger partial charge in [0.25, 0.3) is 0 Å². The van der Waals surface area contributed by atoms with Crippen molar-refractivity contribution < 1.29 is 5.11 Å². The van der Waals surface area contributed by atoms with E-state index in [-0.39, 0.29) is 11.5 Å². The maximum Gasteiger partial charge on any atom is 0.0608 e. The summed E-state index contributed by atoms with van der Waals surface area (Å²) in [6.45, 7) is 1.87. The molecule has 1 fully saturated rings. The van der Waals surface area contributed by atoms with Gasteiger partial charge in [-0.1, -0.05) is 0 Å². The van der Waals surface area contributed by atoms with Gasteiger partial charge in [-0.25, -0.2) is 0 Å². The smallest absolute Gasteiger partial charge is 0.0608 e. The summed E-state index contributed by atoms with van der Waals surface area (Å²) in [6, 6.07) is 4.00. The minimum Gasteiger partial charge on any atom is -0.392 e. The van der Waals surface area contributed by atoms with Crippen LogP contribution in [0.2, 0.25) is 0 Å². The van der Waals surface area contributed by atoms with Gasteiger partial charge in [-0.05, 0) is 37.5 Å². The first-order valence-electron chi connectivity index (χ1n) is 4.34. The Morgan fingerprint density at radius 2 is 2.00 bits per heavy atom. The van der Waals surface area contributed by atoms with Crippen LogP contribution in [0.3, 0.4) is 0 Å². The van der Waals surface area contributed by atoms with E-state index >= 15 is 0 Å². The van der Waals surface area contributed by atoms with Crippen LogP contribution < -0.4 is 0 Å². The first-order chi connectivity index (χ1) is 5.76. The number of aromatic nitrogens is 1. The molecule has 2 heteroatoms. The molecule has 1 saturated carbocycles. The van der Waals surface area contributed by atoms with Crippen molar-refractivity contribution in [2.75, 3.05) is 0 Å². The fourth-order valence-corrected chi connectivity index (χ4v) is 1.77. The van der Waals surface area contributed by atoms with E-state index in [0.717, 1.165) is 12.8 Å². The van der Waals surface area contributed by atoms with E-state index in [1.807, 2.05) is 19.1 Å². The Kier molecular flexibility index (Phi) is 1.65. The highest BCUT2D eigenvalue weighted by molar-refractivity contribution is 5.30. The third kappa shape index (κ3) is 1.03. The minimum atomic E-state index is -0.236. The molecule has 1 N–H and O–H groups in total. The van der Waals surface area contributed by atoms with Gasteiger partial charge in [-0.2, -0.15) is 0 Å². The monoisotopic (exact) mass is 163 g/mol. The van der Waals surface area contributed by atoms with Crippen molar-refractivity contribution in [1.82, 2.24) is 4.98 Å². The zero-order chi connectivity index (χ0) is 8.60. The van der Waals surface area contributed by atoms with Gasteiger partial charge in [0, 0.05) is 17.8 Å². The van der Waals surface area contributed by atoms with Gasteiger partial charge in [0.05, 0.1) is 6.10 Å². The van der Waals surface area contributed by atoms with Gasteiger partial charge in [0.15, 0.2) is 0 Å². The number of aliphatic hydroxyl groups is 1. The van der Waals surface area contributed by atoms with Crippen molar-refractivity contribution in [3.63, 3.8) is 0 Å². The molecule has 0 saturated heterocycles. The van der Waals surface area contributed by atoms with Crippen molar-refractivity contribution in [3.8, 4) is 0 Å². The SMILES string of the molecule is CC(O)C1(c2ccncc2)CC1. The summed E-state index contributed by atoms with van der Waals surface area (Å²) in [5.74, 6) is 0. The lowest BCUT2D eigenvalue weighted by atomic mass is 9.92. The van der Waals surface area contributed by atoms with Crippen LogP contribution in [0.15, 0.2) is 24.5 Å². The molecule has 12 heavy (non-hydrogen) atoms. The van der Waals surface area contributed by atoms with Crippen molar-refractivity contribution in [2.24, 2.45) is 0 Å². The van der Waals surface area contributed by atoms with Crippen LogP contribution >= 0.6 is 0 Å². The summed E-state index contributed by atoms with van der Waals surface area (Å²) in [7, 11) is 0. The van der Waals surface area contributed by atoms with Gasteiger partial charge >= 0.3 is 0 Å². The topological polar surface area (TPSA) is 33.1 Å². The van der Waals surface area contributed by atoms with Crippen LogP contribution in [-0.2, 0) is 5.41 Å². The van der Waals surface area contributed by atoms with Gasteiger partial charge in [0.2, 0.25) is 0 Å². The van der Waals surface area contributed by atoms with E-state index in [9.17, 15) is 5.11 Å². The lowest BCUT2D eigenvalue weighted by molar-refractivity contribution is 0.150. The lowest BCUT2D eigenvalue weighted by Gasteiger charge is -2.18. The van der Waals surface area contributed by atoms with E-state index in [4.69, 9.17) is 0 Å². The highest BCUT2D eigenvalue weighted by atomic mass is 16.3. The van der Waals surface area contributed by atoms with Crippen LogP contribution in [0.1, 0.15) is 25.3 Å². The molecule has 1 aromatic heterocycles. The van der Waals surface area contributed by atoms with Gasteiger partial charge < -0.3 is 5.11 Å². The van der Waals surface area contributed by atoms with Crippen LogP contribution in [0.5, 0.6) is 0 Å². The summed E-state index contributed by atoms with van der Waals surface area (Å²) >= 11 is 0. The van der Waals surface area contributed by atoms with E-state index in [2.05, 4.69) is 4.98 Å². The second kappa shape index (κ2) is 2.56. The molecule has 1 aromatic rings. The molecular formula is C10H13NO. The zero-order valence-corrected chi connectivity index (χ0v) is 7.20. The molecular weight excluding hydrogens is 150 g/mol. The van der Waals surface area contributed by atoms with Gasteiger partial charge in [0.1, 0.15) is 0 Å². The van der Waals surface area contributed by atoms with Crippen LogP contribution in [0.25, 0.3) is 0 Å². The highest BCUT2D eigenvalue weighted by Gasteiger charge is 2.48. The zero-order valence-electron chi connectivity index (χ0n) is 7.20. The molecule has 1 atom stereocenters. The van der Waals surface area contributed by atoms with Crippen LogP contribution in [-0.4, -0.2) is 16.2 Å². The van der Waals surface area contributed by atoms with E-state index in [1.165, 1.54) is 5.56 Å². The molecule has 1 heterocycles. The molecule has 0 bridgehead atoms. The molecule has 0 amide bonds.